The van der Waals surface area contributed by atoms with E-state index >= 15 is 0 Å². The molecular weight excluding hydrogens is 216 g/mol. The fourth-order valence-electron chi connectivity index (χ4n) is 1.94. The number of likely N-dealkylation sites (N-methyl/N-ethyl adjacent to an activating group) is 1. The summed E-state index contributed by atoms with van der Waals surface area (Å²) in [5.74, 6) is 0. The summed E-state index contributed by atoms with van der Waals surface area (Å²) in [7, 11) is 1.80. The molecule has 17 heavy (non-hydrogen) atoms. The molecule has 0 aromatic heterocycles. The highest BCUT2D eigenvalue weighted by atomic mass is 16.6. The standard InChI is InChI=1S/C13H18N2O2/c1-15(12-7-8-14-9-12)13(16)17-10-11-5-3-2-4-6-11/h2-6,12,14H,7-10H2,1H3/t12-/m1/s1. The van der Waals surface area contributed by atoms with Crippen LogP contribution < -0.4 is 5.32 Å². The van der Waals surface area contributed by atoms with Gasteiger partial charge in [0.1, 0.15) is 6.61 Å². The predicted molar refractivity (Wildman–Crippen MR) is 65.7 cm³/mol. The first-order valence-electron chi connectivity index (χ1n) is 5.91. The topological polar surface area (TPSA) is 41.6 Å². The highest BCUT2D eigenvalue weighted by Crippen LogP contribution is 2.09. The Kier molecular flexibility index (Phi) is 3.98. The van der Waals surface area contributed by atoms with Crippen molar-refractivity contribution >= 4 is 6.09 Å². The van der Waals surface area contributed by atoms with Gasteiger partial charge in [-0.25, -0.2) is 4.79 Å². The summed E-state index contributed by atoms with van der Waals surface area (Å²) in [5, 5.41) is 3.23. The van der Waals surface area contributed by atoms with E-state index in [4.69, 9.17) is 4.74 Å². The first-order valence-corrected chi connectivity index (χ1v) is 5.91. The monoisotopic (exact) mass is 234 g/mol. The van der Waals surface area contributed by atoms with Crippen LogP contribution in [0.15, 0.2) is 30.3 Å². The molecule has 2 rings (SSSR count). The van der Waals surface area contributed by atoms with E-state index in [0.29, 0.717) is 6.61 Å². The summed E-state index contributed by atoms with van der Waals surface area (Å²) >= 11 is 0. The lowest BCUT2D eigenvalue weighted by Gasteiger charge is -2.22. The van der Waals surface area contributed by atoms with Gasteiger partial charge < -0.3 is 15.0 Å². The largest absolute Gasteiger partial charge is 0.445 e. The smallest absolute Gasteiger partial charge is 0.410 e. The maximum atomic E-state index is 11.8. The summed E-state index contributed by atoms with van der Waals surface area (Å²) in [6.45, 7) is 2.17. The second-order valence-corrected chi connectivity index (χ2v) is 4.30. The molecule has 0 bridgehead atoms. The average molecular weight is 234 g/mol. The average Bonchev–Trinajstić information content (AvgIpc) is 2.90. The Labute approximate surface area is 102 Å². The van der Waals surface area contributed by atoms with Crippen molar-refractivity contribution in [3.8, 4) is 0 Å². The van der Waals surface area contributed by atoms with E-state index in [1.54, 1.807) is 11.9 Å². The van der Waals surface area contributed by atoms with Crippen molar-refractivity contribution < 1.29 is 9.53 Å². The number of rotatable bonds is 3. The number of carbonyl (C=O) groups is 1. The molecule has 1 aliphatic rings. The van der Waals surface area contributed by atoms with Crippen LogP contribution in [0.4, 0.5) is 4.79 Å². The number of ether oxygens (including phenoxy) is 1. The number of benzene rings is 1. The van der Waals surface area contributed by atoms with Gasteiger partial charge in [-0.15, -0.1) is 0 Å². The summed E-state index contributed by atoms with van der Waals surface area (Å²) in [5.41, 5.74) is 1.01. The van der Waals surface area contributed by atoms with Gasteiger partial charge in [-0.1, -0.05) is 30.3 Å². The maximum Gasteiger partial charge on any atom is 0.410 e. The molecule has 0 aliphatic carbocycles. The Bertz CT molecular complexity index is 361. The molecule has 1 aromatic rings. The minimum absolute atomic E-state index is 0.248. The summed E-state index contributed by atoms with van der Waals surface area (Å²) in [4.78, 5) is 13.5. The fourth-order valence-corrected chi connectivity index (χ4v) is 1.94. The third-order valence-corrected chi connectivity index (χ3v) is 3.08. The molecule has 1 amide bonds. The molecule has 4 heteroatoms. The van der Waals surface area contributed by atoms with Gasteiger partial charge in [-0.3, -0.25) is 0 Å². The third-order valence-electron chi connectivity index (χ3n) is 3.08. The minimum Gasteiger partial charge on any atom is -0.445 e. The lowest BCUT2D eigenvalue weighted by atomic mass is 10.2. The quantitative estimate of drug-likeness (QED) is 0.864. The molecule has 1 N–H and O–H groups in total. The molecule has 0 unspecified atom stereocenters. The van der Waals surface area contributed by atoms with Crippen LogP contribution in [-0.2, 0) is 11.3 Å². The Morgan fingerprint density at radius 1 is 1.47 bits per heavy atom. The SMILES string of the molecule is CN(C(=O)OCc1ccccc1)[C@@H]1CCNC1. The van der Waals surface area contributed by atoms with Gasteiger partial charge in [0.05, 0.1) is 0 Å². The van der Waals surface area contributed by atoms with Gasteiger partial charge in [0.25, 0.3) is 0 Å². The van der Waals surface area contributed by atoms with E-state index in [0.717, 1.165) is 25.1 Å². The zero-order valence-corrected chi connectivity index (χ0v) is 10.1. The molecular formula is C13H18N2O2. The fraction of sp³-hybridized carbons (Fsp3) is 0.462. The molecule has 0 spiro atoms. The third kappa shape index (κ3) is 3.20. The highest BCUT2D eigenvalue weighted by molar-refractivity contribution is 5.67. The van der Waals surface area contributed by atoms with Gasteiger partial charge >= 0.3 is 6.09 Å². The Balaban J connectivity index is 1.80. The van der Waals surface area contributed by atoms with Gasteiger partial charge in [0.15, 0.2) is 0 Å². The minimum atomic E-state index is -0.248. The second-order valence-electron chi connectivity index (χ2n) is 4.30. The first-order chi connectivity index (χ1) is 8.27. The van der Waals surface area contributed by atoms with Crippen molar-refractivity contribution in [1.29, 1.82) is 0 Å². The molecule has 1 aliphatic heterocycles. The molecule has 1 atom stereocenters. The summed E-state index contributed by atoms with van der Waals surface area (Å²) < 4.78 is 5.26. The van der Waals surface area contributed by atoms with Crippen molar-refractivity contribution in [2.75, 3.05) is 20.1 Å². The summed E-state index contributed by atoms with van der Waals surface area (Å²) in [6.07, 6.45) is 0.749. The van der Waals surface area contributed by atoms with Crippen molar-refractivity contribution in [2.45, 2.75) is 19.1 Å². The maximum absolute atomic E-state index is 11.8. The van der Waals surface area contributed by atoms with Gasteiger partial charge in [-0.2, -0.15) is 0 Å². The molecule has 1 heterocycles. The normalized spacial score (nSPS) is 19.0. The molecule has 92 valence electrons. The van der Waals surface area contributed by atoms with Gasteiger partial charge in [-0.05, 0) is 18.5 Å². The van der Waals surface area contributed by atoms with Crippen molar-refractivity contribution in [2.24, 2.45) is 0 Å². The van der Waals surface area contributed by atoms with E-state index in [1.807, 2.05) is 30.3 Å². The summed E-state index contributed by atoms with van der Waals surface area (Å²) in [6, 6.07) is 9.98. The van der Waals surface area contributed by atoms with Crippen LogP contribution >= 0.6 is 0 Å². The number of nitrogens with zero attached hydrogens (tertiary/aromatic N) is 1. The van der Waals surface area contributed by atoms with Gasteiger partial charge in [0.2, 0.25) is 0 Å². The van der Waals surface area contributed by atoms with Crippen LogP contribution in [0.3, 0.4) is 0 Å². The highest BCUT2D eigenvalue weighted by Gasteiger charge is 2.23. The van der Waals surface area contributed by atoms with E-state index in [2.05, 4.69) is 5.32 Å². The zero-order valence-electron chi connectivity index (χ0n) is 10.1. The van der Waals surface area contributed by atoms with Crippen molar-refractivity contribution in [3.63, 3.8) is 0 Å². The number of nitrogens with one attached hydrogen (secondary N) is 1. The van der Waals surface area contributed by atoms with Crippen LogP contribution in [0.2, 0.25) is 0 Å². The van der Waals surface area contributed by atoms with E-state index in [1.165, 1.54) is 0 Å². The van der Waals surface area contributed by atoms with E-state index < -0.39 is 0 Å². The number of hydrogen-bond acceptors (Lipinski definition) is 3. The Hall–Kier alpha value is -1.55. The lowest BCUT2D eigenvalue weighted by Crippen LogP contribution is -2.38. The second kappa shape index (κ2) is 5.68. The Morgan fingerprint density at radius 3 is 2.88 bits per heavy atom. The molecule has 0 saturated carbocycles. The van der Waals surface area contributed by atoms with Crippen LogP contribution in [0.1, 0.15) is 12.0 Å². The Morgan fingerprint density at radius 2 is 2.24 bits per heavy atom. The number of hydrogen-bond donors (Lipinski definition) is 1. The van der Waals surface area contributed by atoms with Gasteiger partial charge in [0, 0.05) is 19.6 Å². The van der Waals surface area contributed by atoms with Crippen molar-refractivity contribution in [3.05, 3.63) is 35.9 Å². The van der Waals surface area contributed by atoms with Crippen LogP contribution in [-0.4, -0.2) is 37.2 Å². The van der Waals surface area contributed by atoms with Crippen LogP contribution in [0, 0.1) is 0 Å². The molecule has 1 saturated heterocycles. The van der Waals surface area contributed by atoms with Crippen LogP contribution in [0.25, 0.3) is 0 Å². The number of amides is 1. The molecule has 1 aromatic carbocycles. The molecule has 4 nitrogen and oxygen atoms in total. The number of carbonyl (C=O) groups excluding carboxylic acids is 1. The molecule has 1 fully saturated rings. The van der Waals surface area contributed by atoms with Crippen LogP contribution in [0.5, 0.6) is 0 Å². The lowest BCUT2D eigenvalue weighted by molar-refractivity contribution is 0.0936. The van der Waals surface area contributed by atoms with Crippen molar-refractivity contribution in [1.82, 2.24) is 10.2 Å². The molecule has 0 radical (unpaired) electrons. The predicted octanol–water partition coefficient (Wildman–Crippen LogP) is 1.62. The van der Waals surface area contributed by atoms with E-state index in [-0.39, 0.29) is 12.1 Å². The van der Waals surface area contributed by atoms with E-state index in [9.17, 15) is 4.79 Å². The zero-order chi connectivity index (χ0) is 12.1. The first kappa shape index (κ1) is 11.9.